The Bertz CT molecular complexity index is 555. The zero-order chi connectivity index (χ0) is 13.7. The number of benzene rings is 1. The van der Waals surface area contributed by atoms with Crippen LogP contribution in [0.2, 0.25) is 0 Å². The molecule has 0 aliphatic rings. The normalized spacial score (nSPS) is 10.3. The van der Waals surface area contributed by atoms with E-state index in [0.717, 1.165) is 35.7 Å². The van der Waals surface area contributed by atoms with Gasteiger partial charge < -0.3 is 10.6 Å². The highest BCUT2D eigenvalue weighted by molar-refractivity contribution is 5.44. The van der Waals surface area contributed by atoms with Crippen molar-refractivity contribution in [2.24, 2.45) is 0 Å². The zero-order valence-electron chi connectivity index (χ0n) is 11.2. The summed E-state index contributed by atoms with van der Waals surface area (Å²) in [6, 6.07) is 10.7. The molecule has 100 valence electrons. The third kappa shape index (κ3) is 3.68. The topological polar surface area (TPSA) is 37.0 Å². The summed E-state index contributed by atoms with van der Waals surface area (Å²) in [5.74, 6) is 1.49. The molecule has 0 saturated carbocycles. The molecule has 0 aliphatic carbocycles. The monoisotopic (exact) mass is 259 g/mol. The molecule has 1 heterocycles. The summed E-state index contributed by atoms with van der Waals surface area (Å²) in [7, 11) is 1.84. The van der Waals surface area contributed by atoms with E-state index in [9.17, 15) is 4.39 Å². The molecule has 19 heavy (non-hydrogen) atoms. The molecule has 0 spiro atoms. The molecule has 0 aliphatic heterocycles. The summed E-state index contributed by atoms with van der Waals surface area (Å²) in [6.07, 6.45) is 0.845. The van der Waals surface area contributed by atoms with Crippen molar-refractivity contribution in [3.8, 4) is 0 Å². The van der Waals surface area contributed by atoms with Crippen molar-refractivity contribution < 1.29 is 4.39 Å². The fraction of sp³-hybridized carbons (Fsp3) is 0.267. The average Bonchev–Trinajstić information content (AvgIpc) is 2.41. The number of pyridine rings is 1. The maximum atomic E-state index is 13.0. The lowest BCUT2D eigenvalue weighted by molar-refractivity contribution is 0.625. The summed E-state index contributed by atoms with van der Waals surface area (Å²) < 4.78 is 13.0. The Balaban J connectivity index is 1.92. The van der Waals surface area contributed by atoms with Gasteiger partial charge in [-0.3, -0.25) is 0 Å². The molecular weight excluding hydrogens is 241 g/mol. The number of nitrogens with one attached hydrogen (secondary N) is 2. The summed E-state index contributed by atoms with van der Waals surface area (Å²) in [5, 5.41) is 6.26. The minimum absolute atomic E-state index is 0.183. The Hall–Kier alpha value is -2.10. The molecule has 0 unspecified atom stereocenters. The van der Waals surface area contributed by atoms with Gasteiger partial charge in [-0.2, -0.15) is 0 Å². The van der Waals surface area contributed by atoms with Crippen LogP contribution in [0, 0.1) is 12.7 Å². The molecule has 0 amide bonds. The number of hydrogen-bond acceptors (Lipinski definition) is 3. The first-order valence-electron chi connectivity index (χ1n) is 6.33. The Morgan fingerprint density at radius 3 is 2.68 bits per heavy atom. The van der Waals surface area contributed by atoms with Crippen molar-refractivity contribution in [1.82, 2.24) is 4.98 Å². The highest BCUT2D eigenvalue weighted by Gasteiger charge is 2.01. The minimum atomic E-state index is -0.183. The zero-order valence-corrected chi connectivity index (χ0v) is 11.2. The van der Waals surface area contributed by atoms with Crippen LogP contribution >= 0.6 is 0 Å². The first-order chi connectivity index (χ1) is 9.19. The van der Waals surface area contributed by atoms with E-state index in [4.69, 9.17) is 0 Å². The Kier molecular flexibility index (Phi) is 4.34. The Morgan fingerprint density at radius 1 is 1.16 bits per heavy atom. The van der Waals surface area contributed by atoms with Crippen LogP contribution in [0.25, 0.3) is 0 Å². The van der Waals surface area contributed by atoms with Crippen molar-refractivity contribution in [3.63, 3.8) is 0 Å². The maximum absolute atomic E-state index is 13.0. The van der Waals surface area contributed by atoms with Crippen LogP contribution in [0.3, 0.4) is 0 Å². The van der Waals surface area contributed by atoms with E-state index in [2.05, 4.69) is 15.6 Å². The van der Waals surface area contributed by atoms with Gasteiger partial charge in [0.25, 0.3) is 0 Å². The number of aromatic nitrogens is 1. The number of halogens is 1. The number of hydrogen-bond donors (Lipinski definition) is 2. The summed E-state index contributed by atoms with van der Waals surface area (Å²) >= 11 is 0. The Morgan fingerprint density at radius 2 is 1.95 bits per heavy atom. The fourth-order valence-electron chi connectivity index (χ4n) is 1.94. The molecule has 2 aromatic rings. The molecule has 1 aromatic heterocycles. The van der Waals surface area contributed by atoms with Crippen LogP contribution in [0.1, 0.15) is 11.1 Å². The molecule has 0 fully saturated rings. The van der Waals surface area contributed by atoms with Gasteiger partial charge in [0.05, 0.1) is 0 Å². The predicted molar refractivity (Wildman–Crippen MR) is 77.1 cm³/mol. The molecule has 2 N–H and O–H groups in total. The second kappa shape index (κ2) is 6.18. The van der Waals surface area contributed by atoms with E-state index >= 15 is 0 Å². The minimum Gasteiger partial charge on any atom is -0.373 e. The van der Waals surface area contributed by atoms with Crippen molar-refractivity contribution in [3.05, 3.63) is 53.3 Å². The molecule has 1 aromatic carbocycles. The standard InChI is InChI=1S/C15H18FN3/c1-11-10-13(16)7-6-12(11)8-9-18-15-5-3-4-14(17-2)19-15/h3-7,10H,8-9H2,1-2H3,(H2,17,18,19). The SMILES string of the molecule is CNc1cccc(NCCc2ccc(F)cc2C)n1. The van der Waals surface area contributed by atoms with E-state index in [1.54, 1.807) is 6.07 Å². The van der Waals surface area contributed by atoms with Gasteiger partial charge in [-0.25, -0.2) is 9.37 Å². The highest BCUT2D eigenvalue weighted by atomic mass is 19.1. The van der Waals surface area contributed by atoms with E-state index < -0.39 is 0 Å². The van der Waals surface area contributed by atoms with Gasteiger partial charge in [0.1, 0.15) is 17.5 Å². The predicted octanol–water partition coefficient (Wildman–Crippen LogP) is 3.23. The van der Waals surface area contributed by atoms with Crippen LogP contribution in [0.4, 0.5) is 16.0 Å². The van der Waals surface area contributed by atoms with Crippen molar-refractivity contribution >= 4 is 11.6 Å². The van der Waals surface area contributed by atoms with E-state index in [-0.39, 0.29) is 5.82 Å². The highest BCUT2D eigenvalue weighted by Crippen LogP contribution is 2.12. The molecular formula is C15H18FN3. The lowest BCUT2D eigenvalue weighted by Crippen LogP contribution is -2.08. The molecule has 0 atom stereocenters. The van der Waals surface area contributed by atoms with Gasteiger partial charge in [0, 0.05) is 13.6 Å². The van der Waals surface area contributed by atoms with Crippen LogP contribution in [0.15, 0.2) is 36.4 Å². The second-order valence-electron chi connectivity index (χ2n) is 4.41. The second-order valence-corrected chi connectivity index (χ2v) is 4.41. The molecule has 0 saturated heterocycles. The molecule has 0 radical (unpaired) electrons. The average molecular weight is 259 g/mol. The third-order valence-electron chi connectivity index (χ3n) is 3.01. The molecule has 4 heteroatoms. The summed E-state index contributed by atoms with van der Waals surface area (Å²) in [4.78, 5) is 4.38. The van der Waals surface area contributed by atoms with Gasteiger partial charge in [0.15, 0.2) is 0 Å². The van der Waals surface area contributed by atoms with Crippen LogP contribution in [-0.2, 0) is 6.42 Å². The van der Waals surface area contributed by atoms with Crippen LogP contribution < -0.4 is 10.6 Å². The summed E-state index contributed by atoms with van der Waals surface area (Å²) in [6.45, 7) is 2.70. The molecule has 3 nitrogen and oxygen atoms in total. The number of aryl methyl sites for hydroxylation is 1. The van der Waals surface area contributed by atoms with Crippen LogP contribution in [-0.4, -0.2) is 18.6 Å². The maximum Gasteiger partial charge on any atom is 0.128 e. The van der Waals surface area contributed by atoms with Gasteiger partial charge in [0.2, 0.25) is 0 Å². The largest absolute Gasteiger partial charge is 0.373 e. The van der Waals surface area contributed by atoms with Crippen molar-refractivity contribution in [1.29, 1.82) is 0 Å². The molecule has 0 bridgehead atoms. The smallest absolute Gasteiger partial charge is 0.128 e. The lowest BCUT2D eigenvalue weighted by Gasteiger charge is -2.09. The molecule has 2 rings (SSSR count). The van der Waals surface area contributed by atoms with Crippen molar-refractivity contribution in [2.45, 2.75) is 13.3 Å². The van der Waals surface area contributed by atoms with E-state index in [1.165, 1.54) is 6.07 Å². The van der Waals surface area contributed by atoms with Crippen LogP contribution in [0.5, 0.6) is 0 Å². The van der Waals surface area contributed by atoms with Gasteiger partial charge >= 0.3 is 0 Å². The lowest BCUT2D eigenvalue weighted by atomic mass is 10.1. The third-order valence-corrected chi connectivity index (χ3v) is 3.01. The first-order valence-corrected chi connectivity index (χ1v) is 6.33. The van der Waals surface area contributed by atoms with E-state index in [0.29, 0.717) is 0 Å². The van der Waals surface area contributed by atoms with E-state index in [1.807, 2.05) is 38.2 Å². The van der Waals surface area contributed by atoms with Gasteiger partial charge in [-0.05, 0) is 48.7 Å². The van der Waals surface area contributed by atoms with Gasteiger partial charge in [-0.15, -0.1) is 0 Å². The first kappa shape index (κ1) is 13.3. The number of anilines is 2. The quantitative estimate of drug-likeness (QED) is 0.865. The van der Waals surface area contributed by atoms with Crippen molar-refractivity contribution in [2.75, 3.05) is 24.2 Å². The van der Waals surface area contributed by atoms with Gasteiger partial charge in [-0.1, -0.05) is 12.1 Å². The summed E-state index contributed by atoms with van der Waals surface area (Å²) in [5.41, 5.74) is 2.14. The fourth-order valence-corrected chi connectivity index (χ4v) is 1.94. The Labute approximate surface area is 112 Å². The number of nitrogens with zero attached hydrogens (tertiary/aromatic N) is 1. The number of rotatable bonds is 5.